The van der Waals surface area contributed by atoms with Crippen molar-refractivity contribution < 1.29 is 9.47 Å². The Balaban J connectivity index is 0.000000141. The molecule has 0 aromatic heterocycles. The lowest BCUT2D eigenvalue weighted by Gasteiger charge is -2.10. The molecule has 2 aromatic rings. The monoisotopic (exact) mass is 320 g/mol. The summed E-state index contributed by atoms with van der Waals surface area (Å²) >= 11 is 0. The van der Waals surface area contributed by atoms with E-state index in [4.69, 9.17) is 9.47 Å². The number of hydrogen-bond donors (Lipinski definition) is 0. The van der Waals surface area contributed by atoms with Crippen LogP contribution in [0.3, 0.4) is 0 Å². The molecule has 0 radical (unpaired) electrons. The van der Waals surface area contributed by atoms with Crippen molar-refractivity contribution in [3.8, 4) is 11.5 Å². The number of benzene rings is 2. The van der Waals surface area contributed by atoms with E-state index in [-0.39, 0.29) is 0 Å². The molecular formula is C22H24O2. The summed E-state index contributed by atoms with van der Waals surface area (Å²) in [5.74, 6) is 1.89. The molecule has 0 atom stereocenters. The minimum atomic E-state index is 0.945. The molecule has 2 nitrogen and oxygen atoms in total. The predicted molar refractivity (Wildman–Crippen MR) is 101 cm³/mol. The molecule has 0 N–H and O–H groups in total. The van der Waals surface area contributed by atoms with Crippen LogP contribution in [0, 0.1) is 0 Å². The maximum absolute atomic E-state index is 5.15. The maximum Gasteiger partial charge on any atom is 0.119 e. The highest BCUT2D eigenvalue weighted by Gasteiger charge is 2.05. The van der Waals surface area contributed by atoms with Crippen molar-refractivity contribution in [2.24, 2.45) is 0 Å². The van der Waals surface area contributed by atoms with Crippen LogP contribution in [0.5, 0.6) is 11.5 Å². The van der Waals surface area contributed by atoms with E-state index >= 15 is 0 Å². The number of allylic oxidation sites excluding steroid dienone is 2. The number of ether oxygens (including phenoxy) is 2. The van der Waals surface area contributed by atoms with E-state index in [1.807, 2.05) is 12.1 Å². The van der Waals surface area contributed by atoms with Crippen LogP contribution in [0.4, 0.5) is 0 Å². The van der Waals surface area contributed by atoms with E-state index in [1.54, 1.807) is 14.2 Å². The lowest BCUT2D eigenvalue weighted by molar-refractivity contribution is 0.414. The fourth-order valence-corrected chi connectivity index (χ4v) is 3.06. The molecule has 0 saturated carbocycles. The number of methoxy groups -OCH3 is 2. The fraction of sp³-hybridized carbons (Fsp3) is 0.273. The fourth-order valence-electron chi connectivity index (χ4n) is 3.06. The Morgan fingerprint density at radius 3 is 1.54 bits per heavy atom. The summed E-state index contributed by atoms with van der Waals surface area (Å²) in [6.45, 7) is 0. The van der Waals surface area contributed by atoms with E-state index in [2.05, 4.69) is 48.6 Å². The van der Waals surface area contributed by atoms with Crippen molar-refractivity contribution in [1.29, 1.82) is 0 Å². The highest BCUT2D eigenvalue weighted by Crippen LogP contribution is 2.24. The molecule has 2 aliphatic rings. The van der Waals surface area contributed by atoms with E-state index < -0.39 is 0 Å². The molecular weight excluding hydrogens is 296 g/mol. The van der Waals surface area contributed by atoms with Gasteiger partial charge in [0.15, 0.2) is 0 Å². The van der Waals surface area contributed by atoms with Crippen LogP contribution in [-0.2, 0) is 12.8 Å². The van der Waals surface area contributed by atoms with E-state index in [0.29, 0.717) is 0 Å². The average molecular weight is 320 g/mol. The van der Waals surface area contributed by atoms with Gasteiger partial charge in [-0.1, -0.05) is 36.4 Å². The first-order chi connectivity index (χ1) is 11.8. The lowest BCUT2D eigenvalue weighted by Crippen LogP contribution is -1.94. The molecule has 0 unspecified atom stereocenters. The topological polar surface area (TPSA) is 18.5 Å². The summed E-state index contributed by atoms with van der Waals surface area (Å²) < 4.78 is 10.3. The first kappa shape index (κ1) is 16.4. The Labute approximate surface area is 144 Å². The molecule has 0 aliphatic heterocycles. The standard InChI is InChI=1S/2C11H12O/c2*1-12-11-7-6-9-4-2-3-5-10(9)8-11/h2*3,5-8H,2,4H2,1H3. The predicted octanol–water partition coefficient (Wildman–Crippen LogP) is 5.31. The van der Waals surface area contributed by atoms with Crippen LogP contribution in [0.1, 0.15) is 35.1 Å². The molecule has 2 aliphatic carbocycles. The molecule has 24 heavy (non-hydrogen) atoms. The SMILES string of the molecule is COc1ccc2c(c1)C=CCC2.COc1ccc2c(c1)C=CCC2. The molecule has 0 spiro atoms. The van der Waals surface area contributed by atoms with Gasteiger partial charge in [0.1, 0.15) is 11.5 Å². The second-order valence-electron chi connectivity index (χ2n) is 6.01. The highest BCUT2D eigenvalue weighted by atomic mass is 16.5. The molecule has 0 saturated heterocycles. The van der Waals surface area contributed by atoms with Crippen LogP contribution < -0.4 is 9.47 Å². The van der Waals surface area contributed by atoms with Crippen molar-refractivity contribution in [1.82, 2.24) is 0 Å². The highest BCUT2D eigenvalue weighted by molar-refractivity contribution is 5.59. The number of fused-ring (bicyclic) bond motifs is 2. The number of rotatable bonds is 2. The van der Waals surface area contributed by atoms with Crippen LogP contribution >= 0.6 is 0 Å². The minimum Gasteiger partial charge on any atom is -0.497 e. The maximum atomic E-state index is 5.15. The van der Waals surface area contributed by atoms with Gasteiger partial charge in [0, 0.05) is 0 Å². The van der Waals surface area contributed by atoms with Crippen molar-refractivity contribution in [2.75, 3.05) is 14.2 Å². The summed E-state index contributed by atoms with van der Waals surface area (Å²) in [5, 5.41) is 0. The molecule has 0 bridgehead atoms. The number of hydrogen-bond acceptors (Lipinski definition) is 2. The Bertz CT molecular complexity index is 691. The second kappa shape index (κ2) is 7.87. The molecule has 2 heteroatoms. The zero-order valence-corrected chi connectivity index (χ0v) is 14.4. The summed E-state index contributed by atoms with van der Waals surface area (Å²) in [6.07, 6.45) is 13.4. The average Bonchev–Trinajstić information content (AvgIpc) is 2.67. The molecule has 0 heterocycles. The van der Waals surface area contributed by atoms with Gasteiger partial charge < -0.3 is 9.47 Å². The van der Waals surface area contributed by atoms with Gasteiger partial charge in [-0.2, -0.15) is 0 Å². The summed E-state index contributed by atoms with van der Waals surface area (Å²) in [4.78, 5) is 0. The molecule has 124 valence electrons. The van der Waals surface area contributed by atoms with Gasteiger partial charge >= 0.3 is 0 Å². The molecule has 4 rings (SSSR count). The second-order valence-corrected chi connectivity index (χ2v) is 6.01. The Hall–Kier alpha value is -2.48. The third-order valence-electron chi connectivity index (χ3n) is 4.46. The van der Waals surface area contributed by atoms with Gasteiger partial charge in [-0.05, 0) is 72.2 Å². The largest absolute Gasteiger partial charge is 0.497 e. The van der Waals surface area contributed by atoms with E-state index in [0.717, 1.165) is 24.3 Å². The van der Waals surface area contributed by atoms with Gasteiger partial charge in [0.2, 0.25) is 0 Å². The van der Waals surface area contributed by atoms with Crippen LogP contribution in [0.2, 0.25) is 0 Å². The third-order valence-corrected chi connectivity index (χ3v) is 4.46. The van der Waals surface area contributed by atoms with Crippen molar-refractivity contribution in [3.63, 3.8) is 0 Å². The zero-order valence-electron chi connectivity index (χ0n) is 14.4. The summed E-state index contributed by atoms with van der Waals surface area (Å²) in [5.41, 5.74) is 5.47. The first-order valence-electron chi connectivity index (χ1n) is 8.47. The Morgan fingerprint density at radius 2 is 1.12 bits per heavy atom. The van der Waals surface area contributed by atoms with Crippen molar-refractivity contribution >= 4 is 12.2 Å². The van der Waals surface area contributed by atoms with Gasteiger partial charge in [-0.3, -0.25) is 0 Å². The van der Waals surface area contributed by atoms with Gasteiger partial charge in [0.05, 0.1) is 14.2 Å². The van der Waals surface area contributed by atoms with Crippen molar-refractivity contribution in [2.45, 2.75) is 25.7 Å². The molecule has 0 amide bonds. The van der Waals surface area contributed by atoms with Gasteiger partial charge in [0.25, 0.3) is 0 Å². The normalized spacial score (nSPS) is 14.1. The number of aryl methyl sites for hydroxylation is 2. The Morgan fingerprint density at radius 1 is 0.667 bits per heavy atom. The Kier molecular flexibility index (Phi) is 5.37. The lowest BCUT2D eigenvalue weighted by atomic mass is 9.97. The van der Waals surface area contributed by atoms with E-state index in [9.17, 15) is 0 Å². The zero-order chi connectivity index (χ0) is 16.8. The van der Waals surface area contributed by atoms with Gasteiger partial charge in [-0.15, -0.1) is 0 Å². The van der Waals surface area contributed by atoms with Crippen LogP contribution in [0.15, 0.2) is 48.6 Å². The quantitative estimate of drug-likeness (QED) is 0.746. The third kappa shape index (κ3) is 3.88. The first-order valence-corrected chi connectivity index (χ1v) is 8.47. The van der Waals surface area contributed by atoms with E-state index in [1.165, 1.54) is 35.1 Å². The smallest absolute Gasteiger partial charge is 0.119 e. The summed E-state index contributed by atoms with van der Waals surface area (Å²) in [6, 6.07) is 12.5. The summed E-state index contributed by atoms with van der Waals surface area (Å²) in [7, 11) is 3.41. The van der Waals surface area contributed by atoms with Gasteiger partial charge in [-0.25, -0.2) is 0 Å². The van der Waals surface area contributed by atoms with Crippen LogP contribution in [0.25, 0.3) is 12.2 Å². The molecule has 0 fully saturated rings. The van der Waals surface area contributed by atoms with Crippen molar-refractivity contribution in [3.05, 3.63) is 70.8 Å². The minimum absolute atomic E-state index is 0.945. The van der Waals surface area contributed by atoms with Crippen LogP contribution in [-0.4, -0.2) is 14.2 Å². The molecule has 2 aromatic carbocycles.